The quantitative estimate of drug-likeness (QED) is 0.245. The molecule has 2 fully saturated rings. The normalized spacial score (nSPS) is 23.2. The van der Waals surface area contributed by atoms with Crippen molar-refractivity contribution in [1.29, 1.82) is 0 Å². The first kappa shape index (κ1) is 25.1. The third-order valence-corrected chi connectivity index (χ3v) is 6.43. The molecule has 0 atom stereocenters. The second-order valence-corrected chi connectivity index (χ2v) is 8.73. The van der Waals surface area contributed by atoms with Gasteiger partial charge in [-0.2, -0.15) is 0 Å². The highest BCUT2D eigenvalue weighted by Gasteiger charge is 2.23. The number of piperazine rings is 1. The molecule has 1 aliphatic heterocycles. The molecule has 1 saturated heterocycles. The molecule has 2 aliphatic rings. The van der Waals surface area contributed by atoms with E-state index in [-0.39, 0.29) is 24.0 Å². The van der Waals surface area contributed by atoms with Crippen molar-refractivity contribution in [3.8, 4) is 0 Å². The van der Waals surface area contributed by atoms with Gasteiger partial charge in [-0.1, -0.05) is 13.8 Å². The first-order valence-corrected chi connectivity index (χ1v) is 11.4. The minimum atomic E-state index is 0. The third kappa shape index (κ3) is 7.83. The van der Waals surface area contributed by atoms with Crippen LogP contribution in [0.5, 0.6) is 0 Å². The highest BCUT2D eigenvalue weighted by Crippen LogP contribution is 2.29. The summed E-state index contributed by atoms with van der Waals surface area (Å²) in [6, 6.07) is 2.44. The first-order chi connectivity index (χ1) is 14.2. The molecular formula is C22H40IN7. The van der Waals surface area contributed by atoms with Crippen LogP contribution in [0.2, 0.25) is 0 Å². The summed E-state index contributed by atoms with van der Waals surface area (Å²) in [5.41, 5.74) is 0. The second kappa shape index (κ2) is 13.3. The van der Waals surface area contributed by atoms with Crippen molar-refractivity contribution >= 4 is 35.9 Å². The van der Waals surface area contributed by atoms with E-state index in [2.05, 4.69) is 49.2 Å². The molecule has 170 valence electrons. The molecule has 0 radical (unpaired) electrons. The van der Waals surface area contributed by atoms with Gasteiger partial charge < -0.3 is 15.5 Å². The zero-order valence-electron chi connectivity index (χ0n) is 18.9. The average Bonchev–Trinajstić information content (AvgIpc) is 2.77. The minimum absolute atomic E-state index is 0. The third-order valence-electron chi connectivity index (χ3n) is 6.43. The fourth-order valence-corrected chi connectivity index (χ4v) is 4.45. The molecule has 1 aliphatic carbocycles. The summed E-state index contributed by atoms with van der Waals surface area (Å²) in [5, 5.41) is 7.14. The Kier molecular flexibility index (Phi) is 11.1. The van der Waals surface area contributed by atoms with Crippen LogP contribution in [-0.2, 0) is 0 Å². The van der Waals surface area contributed by atoms with Crippen molar-refractivity contribution in [2.24, 2.45) is 16.8 Å². The van der Waals surface area contributed by atoms with Crippen LogP contribution >= 0.6 is 24.0 Å². The lowest BCUT2D eigenvalue weighted by Crippen LogP contribution is -2.48. The van der Waals surface area contributed by atoms with Gasteiger partial charge in [0.05, 0.1) is 0 Å². The molecule has 7 nitrogen and oxygen atoms in total. The molecule has 1 aromatic rings. The van der Waals surface area contributed by atoms with Crippen LogP contribution in [0.3, 0.4) is 0 Å². The van der Waals surface area contributed by atoms with Crippen molar-refractivity contribution in [1.82, 2.24) is 25.5 Å². The Morgan fingerprint density at radius 2 is 1.77 bits per heavy atom. The minimum Gasteiger partial charge on any atom is -0.356 e. The van der Waals surface area contributed by atoms with Crippen LogP contribution in [0.4, 0.5) is 5.95 Å². The van der Waals surface area contributed by atoms with E-state index < -0.39 is 0 Å². The number of nitrogens with zero attached hydrogens (tertiary/aromatic N) is 5. The molecule has 0 unspecified atom stereocenters. The van der Waals surface area contributed by atoms with Gasteiger partial charge in [0.2, 0.25) is 5.95 Å². The van der Waals surface area contributed by atoms with Gasteiger partial charge in [-0.05, 0) is 56.6 Å². The largest absolute Gasteiger partial charge is 0.356 e. The Bertz CT molecular complexity index is 609. The Balaban J connectivity index is 0.00000320. The summed E-state index contributed by atoms with van der Waals surface area (Å²) in [7, 11) is 1.87. The van der Waals surface area contributed by atoms with Crippen molar-refractivity contribution in [2.45, 2.75) is 52.0 Å². The van der Waals surface area contributed by atoms with Gasteiger partial charge in [-0.3, -0.25) is 9.89 Å². The van der Waals surface area contributed by atoms with E-state index in [1.807, 2.05) is 25.5 Å². The summed E-state index contributed by atoms with van der Waals surface area (Å²) < 4.78 is 0. The zero-order valence-corrected chi connectivity index (χ0v) is 21.2. The number of hydrogen-bond acceptors (Lipinski definition) is 5. The Labute approximate surface area is 199 Å². The van der Waals surface area contributed by atoms with Crippen molar-refractivity contribution < 1.29 is 0 Å². The van der Waals surface area contributed by atoms with Crippen LogP contribution in [0, 0.1) is 11.8 Å². The number of aliphatic imine (C=N–C) groups is 1. The van der Waals surface area contributed by atoms with Gasteiger partial charge in [-0.25, -0.2) is 9.97 Å². The Morgan fingerprint density at radius 1 is 1.10 bits per heavy atom. The summed E-state index contributed by atoms with van der Waals surface area (Å²) >= 11 is 0. The highest BCUT2D eigenvalue weighted by atomic mass is 127. The molecule has 3 rings (SSSR count). The predicted molar refractivity (Wildman–Crippen MR) is 136 cm³/mol. The van der Waals surface area contributed by atoms with E-state index in [0.717, 1.165) is 69.4 Å². The van der Waals surface area contributed by atoms with Crippen molar-refractivity contribution in [3.63, 3.8) is 0 Å². The molecule has 1 saturated carbocycles. The van der Waals surface area contributed by atoms with E-state index in [0.29, 0.717) is 6.04 Å². The monoisotopic (exact) mass is 529 g/mol. The molecule has 2 N–H and O–H groups in total. The maximum absolute atomic E-state index is 4.42. The zero-order chi connectivity index (χ0) is 20.5. The molecule has 2 heterocycles. The van der Waals surface area contributed by atoms with Gasteiger partial charge in [0.1, 0.15) is 0 Å². The number of hydrogen-bond donors (Lipinski definition) is 2. The predicted octanol–water partition coefficient (Wildman–Crippen LogP) is 2.99. The van der Waals surface area contributed by atoms with E-state index in [1.54, 1.807) is 0 Å². The van der Waals surface area contributed by atoms with Gasteiger partial charge in [-0.15, -0.1) is 24.0 Å². The number of rotatable bonds is 7. The maximum Gasteiger partial charge on any atom is 0.225 e. The fourth-order valence-electron chi connectivity index (χ4n) is 4.45. The van der Waals surface area contributed by atoms with Crippen LogP contribution in [0.25, 0.3) is 0 Å². The molecular weight excluding hydrogens is 489 g/mol. The van der Waals surface area contributed by atoms with Crippen LogP contribution < -0.4 is 15.5 Å². The van der Waals surface area contributed by atoms with Gasteiger partial charge in [0, 0.05) is 58.2 Å². The van der Waals surface area contributed by atoms with E-state index in [9.17, 15) is 0 Å². The molecule has 0 spiro atoms. The number of nitrogens with one attached hydrogen (secondary N) is 2. The lowest BCUT2D eigenvalue weighted by molar-refractivity contribution is 0.249. The van der Waals surface area contributed by atoms with Crippen molar-refractivity contribution in [3.05, 3.63) is 18.5 Å². The van der Waals surface area contributed by atoms with Crippen molar-refractivity contribution in [2.75, 3.05) is 51.2 Å². The Hall–Kier alpha value is -1.16. The molecule has 0 bridgehead atoms. The van der Waals surface area contributed by atoms with Gasteiger partial charge in [0.25, 0.3) is 0 Å². The maximum atomic E-state index is 4.42. The summed E-state index contributed by atoms with van der Waals surface area (Å²) in [4.78, 5) is 17.9. The molecule has 8 heteroatoms. The standard InChI is InChI=1S/C22H39N7.HI/c1-18(2)19-6-8-20(9-7-19)27-21(23-3)24-12-5-13-28-14-16-29(17-15-28)22-25-10-4-11-26-22;/h4,10-11,18-20H,5-9,12-17H2,1-3H3,(H2,23,24,27);1H. The number of aromatic nitrogens is 2. The van der Waals surface area contributed by atoms with Gasteiger partial charge in [0.15, 0.2) is 5.96 Å². The topological polar surface area (TPSA) is 68.7 Å². The lowest BCUT2D eigenvalue weighted by atomic mass is 9.80. The lowest BCUT2D eigenvalue weighted by Gasteiger charge is -2.34. The molecule has 30 heavy (non-hydrogen) atoms. The first-order valence-electron chi connectivity index (χ1n) is 11.4. The molecule has 1 aromatic heterocycles. The van der Waals surface area contributed by atoms with Crippen LogP contribution in [0.15, 0.2) is 23.5 Å². The number of anilines is 1. The molecule has 0 aromatic carbocycles. The van der Waals surface area contributed by atoms with Crippen LogP contribution in [-0.4, -0.2) is 73.2 Å². The summed E-state index contributed by atoms with van der Waals surface area (Å²) in [6.07, 6.45) is 9.97. The molecule has 0 amide bonds. The summed E-state index contributed by atoms with van der Waals surface area (Å²) in [5.74, 6) is 3.53. The average molecular weight is 530 g/mol. The van der Waals surface area contributed by atoms with E-state index in [1.165, 1.54) is 25.7 Å². The smallest absolute Gasteiger partial charge is 0.225 e. The SMILES string of the molecule is CN=C(NCCCN1CCN(c2ncccn2)CC1)NC1CCC(C(C)C)CC1.I. The van der Waals surface area contributed by atoms with Crippen LogP contribution in [0.1, 0.15) is 46.0 Å². The van der Waals surface area contributed by atoms with E-state index in [4.69, 9.17) is 0 Å². The highest BCUT2D eigenvalue weighted by molar-refractivity contribution is 14.0. The summed E-state index contributed by atoms with van der Waals surface area (Å²) in [6.45, 7) is 10.9. The van der Waals surface area contributed by atoms with E-state index >= 15 is 0 Å². The Morgan fingerprint density at radius 3 is 2.37 bits per heavy atom. The number of guanidine groups is 1. The number of halogens is 1. The fraction of sp³-hybridized carbons (Fsp3) is 0.773. The second-order valence-electron chi connectivity index (χ2n) is 8.73. The van der Waals surface area contributed by atoms with Gasteiger partial charge >= 0.3 is 0 Å².